The van der Waals surface area contributed by atoms with Crippen LogP contribution in [-0.4, -0.2) is 0 Å². The van der Waals surface area contributed by atoms with Crippen molar-refractivity contribution in [3.63, 3.8) is 0 Å². The molecule has 0 amide bonds. The Morgan fingerprint density at radius 2 is 2.45 bits per heavy atom. The summed E-state index contributed by atoms with van der Waals surface area (Å²) in [6.07, 6.45) is 8.98. The number of hydrogen-bond acceptors (Lipinski definition) is 1. The van der Waals surface area contributed by atoms with Crippen molar-refractivity contribution < 1.29 is 4.42 Å². The standard InChI is InChI=1S/C10H9O/c1-8-4-5-9(7-8)10-3-2-6-11-10/h2-3,5-8H,1H3. The Morgan fingerprint density at radius 3 is 3.00 bits per heavy atom. The van der Waals surface area contributed by atoms with Crippen molar-refractivity contribution in [3.05, 3.63) is 42.4 Å². The third-order valence-electron chi connectivity index (χ3n) is 1.74. The molecule has 0 N–H and O–H groups in total. The molecule has 1 nitrogen and oxygen atoms in total. The van der Waals surface area contributed by atoms with Crippen LogP contribution < -0.4 is 0 Å². The molecule has 0 aromatic carbocycles. The molecular formula is C10H9O. The highest BCUT2D eigenvalue weighted by atomic mass is 16.3. The number of allylic oxidation sites excluding steroid dienone is 4. The minimum absolute atomic E-state index is 0.426. The van der Waals surface area contributed by atoms with Gasteiger partial charge in [0.2, 0.25) is 0 Å². The van der Waals surface area contributed by atoms with Crippen LogP contribution in [0.3, 0.4) is 0 Å². The molecule has 0 fully saturated rings. The molecule has 1 atom stereocenters. The lowest BCUT2D eigenvalue weighted by atomic mass is 10.2. The van der Waals surface area contributed by atoms with Gasteiger partial charge < -0.3 is 4.42 Å². The van der Waals surface area contributed by atoms with Crippen LogP contribution in [0, 0.1) is 12.0 Å². The molecule has 1 heterocycles. The summed E-state index contributed by atoms with van der Waals surface area (Å²) in [5.41, 5.74) is 1.14. The largest absolute Gasteiger partial charge is 0.464 e. The van der Waals surface area contributed by atoms with E-state index in [9.17, 15) is 0 Å². The molecular weight excluding hydrogens is 136 g/mol. The zero-order valence-electron chi connectivity index (χ0n) is 6.37. The maximum atomic E-state index is 5.23. The Balaban J connectivity index is 2.33. The first kappa shape index (κ1) is 6.47. The molecule has 0 saturated heterocycles. The molecule has 1 aromatic rings. The highest BCUT2D eigenvalue weighted by Gasteiger charge is 2.08. The first-order valence-corrected chi connectivity index (χ1v) is 3.71. The molecule has 1 aromatic heterocycles. The average molecular weight is 145 g/mol. The van der Waals surface area contributed by atoms with E-state index in [1.807, 2.05) is 18.2 Å². The van der Waals surface area contributed by atoms with E-state index in [1.54, 1.807) is 6.26 Å². The van der Waals surface area contributed by atoms with Crippen molar-refractivity contribution in [3.8, 4) is 0 Å². The van der Waals surface area contributed by atoms with E-state index in [0.717, 1.165) is 11.3 Å². The van der Waals surface area contributed by atoms with Crippen molar-refractivity contribution >= 4 is 5.57 Å². The van der Waals surface area contributed by atoms with Gasteiger partial charge in [0.05, 0.1) is 6.26 Å². The first-order chi connectivity index (χ1) is 5.36. The van der Waals surface area contributed by atoms with Gasteiger partial charge in [-0.15, -0.1) is 0 Å². The van der Waals surface area contributed by atoms with E-state index in [4.69, 9.17) is 4.42 Å². The second-order valence-corrected chi connectivity index (χ2v) is 2.70. The lowest BCUT2D eigenvalue weighted by molar-refractivity contribution is 0.554. The fourth-order valence-electron chi connectivity index (χ4n) is 1.18. The lowest BCUT2D eigenvalue weighted by Gasteiger charge is -1.91. The van der Waals surface area contributed by atoms with Crippen LogP contribution in [0.2, 0.25) is 0 Å². The third-order valence-corrected chi connectivity index (χ3v) is 1.74. The molecule has 0 spiro atoms. The quantitative estimate of drug-likeness (QED) is 0.592. The molecule has 1 unspecified atom stereocenters. The molecule has 1 heteroatoms. The van der Waals surface area contributed by atoms with Crippen LogP contribution >= 0.6 is 0 Å². The van der Waals surface area contributed by atoms with Crippen molar-refractivity contribution in [1.29, 1.82) is 0 Å². The SMILES string of the molecule is CC1[C]=CC(c2ccco2)=C1. The minimum atomic E-state index is 0.426. The molecule has 2 rings (SSSR count). The monoisotopic (exact) mass is 145 g/mol. The number of rotatable bonds is 1. The maximum absolute atomic E-state index is 5.23. The number of furan rings is 1. The predicted octanol–water partition coefficient (Wildman–Crippen LogP) is 2.67. The summed E-state index contributed by atoms with van der Waals surface area (Å²) >= 11 is 0. The highest BCUT2D eigenvalue weighted by Crippen LogP contribution is 2.23. The van der Waals surface area contributed by atoms with E-state index < -0.39 is 0 Å². The van der Waals surface area contributed by atoms with Crippen LogP contribution in [0.4, 0.5) is 0 Å². The second kappa shape index (κ2) is 2.42. The minimum Gasteiger partial charge on any atom is -0.464 e. The predicted molar refractivity (Wildman–Crippen MR) is 43.7 cm³/mol. The Labute approximate surface area is 66.0 Å². The van der Waals surface area contributed by atoms with Crippen molar-refractivity contribution in [2.45, 2.75) is 6.92 Å². The van der Waals surface area contributed by atoms with Crippen LogP contribution in [0.25, 0.3) is 5.57 Å². The molecule has 0 saturated carbocycles. The smallest absolute Gasteiger partial charge is 0.133 e. The van der Waals surface area contributed by atoms with E-state index >= 15 is 0 Å². The van der Waals surface area contributed by atoms with Gasteiger partial charge in [-0.2, -0.15) is 0 Å². The molecule has 1 aliphatic rings. The first-order valence-electron chi connectivity index (χ1n) is 3.71. The van der Waals surface area contributed by atoms with Gasteiger partial charge in [-0.3, -0.25) is 0 Å². The molecule has 55 valence electrons. The van der Waals surface area contributed by atoms with Gasteiger partial charge in [0.1, 0.15) is 5.76 Å². The van der Waals surface area contributed by atoms with E-state index in [1.165, 1.54) is 0 Å². The van der Waals surface area contributed by atoms with Gasteiger partial charge in [0, 0.05) is 11.5 Å². The summed E-state index contributed by atoms with van der Waals surface area (Å²) in [5, 5.41) is 0. The van der Waals surface area contributed by atoms with E-state index in [-0.39, 0.29) is 0 Å². The van der Waals surface area contributed by atoms with Gasteiger partial charge in [0.25, 0.3) is 0 Å². The number of hydrogen-bond donors (Lipinski definition) is 0. The van der Waals surface area contributed by atoms with Crippen molar-refractivity contribution in [2.75, 3.05) is 0 Å². The van der Waals surface area contributed by atoms with Gasteiger partial charge in [-0.25, -0.2) is 0 Å². The summed E-state index contributed by atoms with van der Waals surface area (Å²) in [6, 6.07) is 3.86. The van der Waals surface area contributed by atoms with Gasteiger partial charge in [-0.1, -0.05) is 13.0 Å². The Kier molecular flexibility index (Phi) is 1.42. The second-order valence-electron chi connectivity index (χ2n) is 2.70. The Bertz CT molecular complexity index is 291. The van der Waals surface area contributed by atoms with Crippen molar-refractivity contribution in [2.24, 2.45) is 5.92 Å². The fraction of sp³-hybridized carbons (Fsp3) is 0.200. The Hall–Kier alpha value is -1.24. The zero-order valence-corrected chi connectivity index (χ0v) is 6.37. The van der Waals surface area contributed by atoms with Gasteiger partial charge >= 0.3 is 0 Å². The van der Waals surface area contributed by atoms with Crippen LogP contribution in [0.1, 0.15) is 12.7 Å². The van der Waals surface area contributed by atoms with E-state index in [0.29, 0.717) is 5.92 Å². The zero-order chi connectivity index (χ0) is 7.68. The Morgan fingerprint density at radius 1 is 1.55 bits per heavy atom. The van der Waals surface area contributed by atoms with Crippen LogP contribution in [0.5, 0.6) is 0 Å². The van der Waals surface area contributed by atoms with Gasteiger partial charge in [0.15, 0.2) is 0 Å². The van der Waals surface area contributed by atoms with Crippen LogP contribution in [-0.2, 0) is 0 Å². The van der Waals surface area contributed by atoms with Crippen LogP contribution in [0.15, 0.2) is 35.0 Å². The molecule has 1 radical (unpaired) electrons. The highest BCUT2D eigenvalue weighted by molar-refractivity contribution is 5.72. The fourth-order valence-corrected chi connectivity index (χ4v) is 1.18. The summed E-state index contributed by atoms with van der Waals surface area (Å²) in [5.74, 6) is 1.36. The van der Waals surface area contributed by atoms with Gasteiger partial charge in [-0.05, 0) is 24.3 Å². The average Bonchev–Trinajstić information content (AvgIpc) is 2.55. The summed E-state index contributed by atoms with van der Waals surface area (Å²) < 4.78 is 5.23. The van der Waals surface area contributed by atoms with E-state index in [2.05, 4.69) is 19.1 Å². The summed E-state index contributed by atoms with van der Waals surface area (Å²) in [4.78, 5) is 0. The molecule has 0 bridgehead atoms. The third kappa shape index (κ3) is 1.14. The topological polar surface area (TPSA) is 13.1 Å². The molecule has 0 aliphatic heterocycles. The maximum Gasteiger partial charge on any atom is 0.133 e. The lowest BCUT2D eigenvalue weighted by Crippen LogP contribution is -1.76. The molecule has 1 aliphatic carbocycles. The summed E-state index contributed by atoms with van der Waals surface area (Å²) in [7, 11) is 0. The molecule has 11 heavy (non-hydrogen) atoms. The summed E-state index contributed by atoms with van der Waals surface area (Å²) in [6.45, 7) is 2.10. The van der Waals surface area contributed by atoms with Crippen molar-refractivity contribution in [1.82, 2.24) is 0 Å². The normalized spacial score (nSPS) is 22.3.